The topological polar surface area (TPSA) is 95.6 Å². The number of nitrogens with one attached hydrogen (secondary N) is 2. The molecule has 2 rings (SSSR count). The zero-order valence-corrected chi connectivity index (χ0v) is 19.1. The standard InChI is InChI=1S/C21H29N3O4S2/c1-4-15-22-20-13-12-19(30(27,28)24(5-2)6-3)17-21(20)23-29(25,26)16-14-18-10-8-7-9-11-18/h7-14,16-17,22-23H,4-6,15H2,1-3H3/b16-14+. The fraction of sp³-hybridized carbons (Fsp3) is 0.333. The van der Waals surface area contributed by atoms with Crippen LogP contribution in [-0.2, 0) is 20.0 Å². The van der Waals surface area contributed by atoms with Crippen LogP contribution in [-0.4, -0.2) is 40.8 Å². The van der Waals surface area contributed by atoms with Crippen LogP contribution in [0.15, 0.2) is 58.8 Å². The molecule has 0 heterocycles. The van der Waals surface area contributed by atoms with Gasteiger partial charge in [-0.1, -0.05) is 51.1 Å². The first-order chi connectivity index (χ1) is 14.2. The number of benzene rings is 2. The average Bonchev–Trinajstić information content (AvgIpc) is 2.72. The van der Waals surface area contributed by atoms with Crippen LogP contribution in [0.3, 0.4) is 0 Å². The molecule has 2 N–H and O–H groups in total. The maximum atomic E-state index is 12.9. The van der Waals surface area contributed by atoms with Gasteiger partial charge in [-0.25, -0.2) is 16.8 Å². The second-order valence-electron chi connectivity index (χ2n) is 6.58. The lowest BCUT2D eigenvalue weighted by Crippen LogP contribution is -2.30. The fourth-order valence-corrected chi connectivity index (χ4v) is 5.18. The summed E-state index contributed by atoms with van der Waals surface area (Å²) >= 11 is 0. The second kappa shape index (κ2) is 10.6. The molecule has 0 aromatic heterocycles. The molecule has 0 spiro atoms. The number of rotatable bonds is 11. The summed E-state index contributed by atoms with van der Waals surface area (Å²) in [5, 5.41) is 4.20. The van der Waals surface area contributed by atoms with E-state index in [0.717, 1.165) is 17.4 Å². The molecule has 164 valence electrons. The van der Waals surface area contributed by atoms with Gasteiger partial charge in [0.05, 0.1) is 21.7 Å². The van der Waals surface area contributed by atoms with Crippen LogP contribution in [0.2, 0.25) is 0 Å². The van der Waals surface area contributed by atoms with Crippen LogP contribution in [0, 0.1) is 0 Å². The van der Waals surface area contributed by atoms with E-state index < -0.39 is 20.0 Å². The van der Waals surface area contributed by atoms with Gasteiger partial charge in [0.15, 0.2) is 0 Å². The summed E-state index contributed by atoms with van der Waals surface area (Å²) in [6, 6.07) is 13.5. The third kappa shape index (κ3) is 6.32. The van der Waals surface area contributed by atoms with Crippen molar-refractivity contribution in [2.45, 2.75) is 32.1 Å². The minimum Gasteiger partial charge on any atom is -0.383 e. The maximum absolute atomic E-state index is 12.9. The highest BCUT2D eigenvalue weighted by atomic mass is 32.2. The maximum Gasteiger partial charge on any atom is 0.255 e. The quantitative estimate of drug-likeness (QED) is 0.539. The zero-order chi connectivity index (χ0) is 22.2. The molecule has 0 radical (unpaired) electrons. The molecule has 0 bridgehead atoms. The van der Waals surface area contributed by atoms with Gasteiger partial charge in [0, 0.05) is 19.6 Å². The Balaban J connectivity index is 2.41. The molecule has 0 saturated carbocycles. The highest BCUT2D eigenvalue weighted by Gasteiger charge is 2.23. The van der Waals surface area contributed by atoms with Crippen LogP contribution in [0.5, 0.6) is 0 Å². The summed E-state index contributed by atoms with van der Waals surface area (Å²) in [5.41, 5.74) is 1.45. The van der Waals surface area contributed by atoms with E-state index in [2.05, 4.69) is 10.0 Å². The van der Waals surface area contributed by atoms with Gasteiger partial charge >= 0.3 is 0 Å². The number of anilines is 2. The lowest BCUT2D eigenvalue weighted by atomic mass is 10.2. The van der Waals surface area contributed by atoms with Gasteiger partial charge in [-0.15, -0.1) is 0 Å². The summed E-state index contributed by atoms with van der Waals surface area (Å²) in [4.78, 5) is 0.0398. The van der Waals surface area contributed by atoms with Crippen LogP contribution in [0.1, 0.15) is 32.8 Å². The van der Waals surface area contributed by atoms with Gasteiger partial charge in [0.1, 0.15) is 0 Å². The molecule has 0 aliphatic carbocycles. The van der Waals surface area contributed by atoms with Gasteiger partial charge in [-0.05, 0) is 36.3 Å². The Morgan fingerprint density at radius 1 is 0.900 bits per heavy atom. The molecule has 0 unspecified atom stereocenters. The van der Waals surface area contributed by atoms with Gasteiger partial charge in [0.25, 0.3) is 10.0 Å². The summed E-state index contributed by atoms with van der Waals surface area (Å²) in [5.74, 6) is 0. The second-order valence-corrected chi connectivity index (χ2v) is 10.1. The van der Waals surface area contributed by atoms with Gasteiger partial charge < -0.3 is 5.32 Å². The molecular weight excluding hydrogens is 422 g/mol. The minimum atomic E-state index is -3.85. The Hall–Kier alpha value is -2.36. The Bertz CT molecular complexity index is 1060. The molecule has 0 saturated heterocycles. The average molecular weight is 452 g/mol. The van der Waals surface area contributed by atoms with Crippen molar-refractivity contribution in [3.63, 3.8) is 0 Å². The summed E-state index contributed by atoms with van der Waals surface area (Å²) < 4.78 is 54.8. The summed E-state index contributed by atoms with van der Waals surface area (Å²) in [6.07, 6.45) is 2.32. The van der Waals surface area contributed by atoms with Crippen molar-refractivity contribution in [2.24, 2.45) is 0 Å². The Labute approximate surface area is 179 Å². The van der Waals surface area contributed by atoms with Crippen molar-refractivity contribution >= 4 is 37.5 Å². The van der Waals surface area contributed by atoms with Crippen molar-refractivity contribution in [3.8, 4) is 0 Å². The van der Waals surface area contributed by atoms with E-state index in [4.69, 9.17) is 0 Å². The highest BCUT2D eigenvalue weighted by Crippen LogP contribution is 2.28. The summed E-state index contributed by atoms with van der Waals surface area (Å²) in [6.45, 7) is 6.78. The Kier molecular flexibility index (Phi) is 8.45. The predicted molar refractivity (Wildman–Crippen MR) is 123 cm³/mol. The number of sulfonamides is 2. The monoisotopic (exact) mass is 451 g/mol. The number of nitrogens with zero attached hydrogens (tertiary/aromatic N) is 1. The van der Waals surface area contributed by atoms with Gasteiger partial charge in [-0.3, -0.25) is 4.72 Å². The molecular formula is C21H29N3O4S2. The van der Waals surface area contributed by atoms with E-state index in [9.17, 15) is 16.8 Å². The smallest absolute Gasteiger partial charge is 0.255 e. The Morgan fingerprint density at radius 3 is 2.17 bits per heavy atom. The van der Waals surface area contributed by atoms with Gasteiger partial charge in [0.2, 0.25) is 10.0 Å². The van der Waals surface area contributed by atoms with Crippen LogP contribution < -0.4 is 10.0 Å². The molecule has 0 aliphatic heterocycles. The van der Waals surface area contributed by atoms with Crippen molar-refractivity contribution in [1.82, 2.24) is 4.31 Å². The third-order valence-corrected chi connectivity index (χ3v) is 7.44. The number of hydrogen-bond acceptors (Lipinski definition) is 5. The summed E-state index contributed by atoms with van der Waals surface area (Å²) in [7, 11) is -7.57. The first-order valence-corrected chi connectivity index (χ1v) is 12.9. The first-order valence-electron chi connectivity index (χ1n) is 9.87. The van der Waals surface area contributed by atoms with Crippen molar-refractivity contribution in [1.29, 1.82) is 0 Å². The number of hydrogen-bond donors (Lipinski definition) is 2. The van der Waals surface area contributed by atoms with Crippen LogP contribution >= 0.6 is 0 Å². The SMILES string of the molecule is CCCNc1ccc(S(=O)(=O)N(CC)CC)cc1NS(=O)(=O)/C=C/c1ccccc1. The lowest BCUT2D eigenvalue weighted by molar-refractivity contribution is 0.445. The molecule has 7 nitrogen and oxygen atoms in total. The highest BCUT2D eigenvalue weighted by molar-refractivity contribution is 7.95. The Morgan fingerprint density at radius 2 is 1.57 bits per heavy atom. The van der Waals surface area contributed by atoms with E-state index in [1.54, 1.807) is 32.0 Å². The van der Waals surface area contributed by atoms with Crippen molar-refractivity contribution in [2.75, 3.05) is 29.7 Å². The molecule has 0 atom stereocenters. The minimum absolute atomic E-state index is 0.0398. The van der Waals surface area contributed by atoms with Crippen LogP contribution in [0.25, 0.3) is 6.08 Å². The molecule has 2 aromatic carbocycles. The molecule has 30 heavy (non-hydrogen) atoms. The van der Waals surface area contributed by atoms with E-state index in [-0.39, 0.29) is 10.6 Å². The molecule has 9 heteroatoms. The van der Waals surface area contributed by atoms with E-state index in [1.165, 1.54) is 22.5 Å². The van der Waals surface area contributed by atoms with E-state index in [0.29, 0.717) is 25.3 Å². The van der Waals surface area contributed by atoms with E-state index in [1.807, 2.05) is 25.1 Å². The normalized spacial score (nSPS) is 12.4. The molecule has 0 fully saturated rings. The molecule has 0 aliphatic rings. The van der Waals surface area contributed by atoms with Gasteiger partial charge in [-0.2, -0.15) is 4.31 Å². The molecule has 2 aromatic rings. The van der Waals surface area contributed by atoms with Crippen molar-refractivity contribution < 1.29 is 16.8 Å². The van der Waals surface area contributed by atoms with Crippen molar-refractivity contribution in [3.05, 3.63) is 59.5 Å². The van der Waals surface area contributed by atoms with Crippen LogP contribution in [0.4, 0.5) is 11.4 Å². The fourth-order valence-electron chi connectivity index (χ4n) is 2.81. The largest absolute Gasteiger partial charge is 0.383 e. The van der Waals surface area contributed by atoms with E-state index >= 15 is 0 Å². The third-order valence-electron chi connectivity index (χ3n) is 4.39. The predicted octanol–water partition coefficient (Wildman–Crippen LogP) is 3.95. The molecule has 0 amide bonds. The zero-order valence-electron chi connectivity index (χ0n) is 17.5. The first kappa shape index (κ1) is 23.9. The lowest BCUT2D eigenvalue weighted by Gasteiger charge is -2.20.